The Kier molecular flexibility index (Phi) is 4.96. The molecule has 0 radical (unpaired) electrons. The molecule has 2 heterocycles. The van der Waals surface area contributed by atoms with Crippen molar-refractivity contribution in [2.75, 3.05) is 38.8 Å². The lowest BCUT2D eigenvalue weighted by atomic mass is 9.94. The zero-order valence-electron chi connectivity index (χ0n) is 12.6. The minimum Gasteiger partial charge on any atom is -0.388 e. The van der Waals surface area contributed by atoms with Crippen molar-refractivity contribution in [2.45, 2.75) is 31.9 Å². The van der Waals surface area contributed by atoms with E-state index in [1.165, 1.54) is 5.56 Å². The third kappa shape index (κ3) is 3.69. The van der Waals surface area contributed by atoms with Gasteiger partial charge in [-0.3, -0.25) is 0 Å². The molecule has 0 bridgehead atoms. The van der Waals surface area contributed by atoms with Crippen LogP contribution in [0.4, 0.5) is 5.82 Å². The second-order valence-electron chi connectivity index (χ2n) is 5.71. The fraction of sp³-hybridized carbons (Fsp3) is 0.667. The Bertz CT molecular complexity index is 445. The van der Waals surface area contributed by atoms with Crippen LogP contribution in [0.5, 0.6) is 0 Å². The van der Waals surface area contributed by atoms with Gasteiger partial charge < -0.3 is 20.1 Å². The lowest BCUT2D eigenvalue weighted by Crippen LogP contribution is -2.46. The van der Waals surface area contributed by atoms with Gasteiger partial charge in [-0.2, -0.15) is 0 Å². The summed E-state index contributed by atoms with van der Waals surface area (Å²) >= 11 is 0. The zero-order valence-corrected chi connectivity index (χ0v) is 12.6. The van der Waals surface area contributed by atoms with Crippen LogP contribution in [-0.2, 0) is 11.3 Å². The predicted octanol–water partition coefficient (Wildman–Crippen LogP) is 1.09. The van der Waals surface area contributed by atoms with Crippen LogP contribution >= 0.6 is 0 Å². The summed E-state index contributed by atoms with van der Waals surface area (Å²) in [6, 6.07) is 2.14. The highest BCUT2D eigenvalue weighted by atomic mass is 16.5. The van der Waals surface area contributed by atoms with E-state index < -0.39 is 5.60 Å². The number of aliphatic hydroxyl groups is 1. The quantitative estimate of drug-likeness (QED) is 0.845. The second-order valence-corrected chi connectivity index (χ2v) is 5.71. The molecule has 0 amide bonds. The van der Waals surface area contributed by atoms with Crippen molar-refractivity contribution in [3.05, 3.63) is 23.4 Å². The minimum atomic E-state index is -0.662. The summed E-state index contributed by atoms with van der Waals surface area (Å²) in [5.74, 6) is 0.935. The molecule has 0 aromatic carbocycles. The standard InChI is InChI=1S/C15H25N3O2/c1-12-8-13(9-16-2)10-17-14(12)18(3)11-15(19)4-6-20-7-5-15/h8,10,16,19H,4-7,9,11H2,1-3H3. The number of hydrogen-bond donors (Lipinski definition) is 2. The average Bonchev–Trinajstić information content (AvgIpc) is 2.39. The molecule has 0 saturated carbocycles. The number of ether oxygens (including phenoxy) is 1. The number of likely N-dealkylation sites (N-methyl/N-ethyl adjacent to an activating group) is 1. The molecule has 1 fully saturated rings. The number of aromatic nitrogens is 1. The van der Waals surface area contributed by atoms with Crippen molar-refractivity contribution in [1.29, 1.82) is 0 Å². The van der Waals surface area contributed by atoms with Gasteiger partial charge in [-0.15, -0.1) is 0 Å². The van der Waals surface area contributed by atoms with Crippen molar-refractivity contribution in [2.24, 2.45) is 0 Å². The molecule has 1 aromatic rings. The SMILES string of the molecule is CNCc1cnc(N(C)CC2(O)CCOCC2)c(C)c1. The van der Waals surface area contributed by atoms with Crippen molar-refractivity contribution in [3.8, 4) is 0 Å². The Morgan fingerprint density at radius 3 is 2.75 bits per heavy atom. The normalized spacial score (nSPS) is 18.0. The third-order valence-corrected chi connectivity index (χ3v) is 3.80. The lowest BCUT2D eigenvalue weighted by Gasteiger charge is -2.36. The number of anilines is 1. The van der Waals surface area contributed by atoms with Crippen molar-refractivity contribution in [3.63, 3.8) is 0 Å². The number of pyridine rings is 1. The van der Waals surface area contributed by atoms with Crippen molar-refractivity contribution >= 4 is 5.82 Å². The van der Waals surface area contributed by atoms with Crippen LogP contribution < -0.4 is 10.2 Å². The highest BCUT2D eigenvalue weighted by Gasteiger charge is 2.31. The Labute approximate surface area is 121 Å². The fourth-order valence-electron chi connectivity index (χ4n) is 2.75. The van der Waals surface area contributed by atoms with Crippen molar-refractivity contribution in [1.82, 2.24) is 10.3 Å². The van der Waals surface area contributed by atoms with E-state index in [-0.39, 0.29) is 0 Å². The van der Waals surface area contributed by atoms with Gasteiger partial charge in [0.25, 0.3) is 0 Å². The van der Waals surface area contributed by atoms with Crippen LogP contribution in [0, 0.1) is 6.92 Å². The first-order chi connectivity index (χ1) is 9.54. The molecule has 112 valence electrons. The van der Waals surface area contributed by atoms with E-state index in [9.17, 15) is 5.11 Å². The third-order valence-electron chi connectivity index (χ3n) is 3.80. The van der Waals surface area contributed by atoms with E-state index in [0.717, 1.165) is 17.9 Å². The fourth-order valence-corrected chi connectivity index (χ4v) is 2.75. The van der Waals surface area contributed by atoms with Crippen LogP contribution in [0.25, 0.3) is 0 Å². The van der Waals surface area contributed by atoms with Gasteiger partial charge in [-0.1, -0.05) is 0 Å². The predicted molar refractivity (Wildman–Crippen MR) is 80.0 cm³/mol. The summed E-state index contributed by atoms with van der Waals surface area (Å²) in [6.07, 6.45) is 3.27. The Morgan fingerprint density at radius 2 is 2.15 bits per heavy atom. The van der Waals surface area contributed by atoms with Gasteiger partial charge >= 0.3 is 0 Å². The van der Waals surface area contributed by atoms with E-state index in [1.807, 2.05) is 25.2 Å². The summed E-state index contributed by atoms with van der Waals surface area (Å²) in [4.78, 5) is 6.58. The maximum atomic E-state index is 10.6. The van der Waals surface area contributed by atoms with Crippen molar-refractivity contribution < 1.29 is 9.84 Å². The first-order valence-corrected chi connectivity index (χ1v) is 7.15. The molecule has 0 spiro atoms. The molecule has 0 atom stereocenters. The monoisotopic (exact) mass is 279 g/mol. The molecule has 1 aliphatic rings. The van der Waals surface area contributed by atoms with Crippen LogP contribution in [0.3, 0.4) is 0 Å². The molecule has 1 saturated heterocycles. The Morgan fingerprint density at radius 1 is 1.45 bits per heavy atom. The molecular weight excluding hydrogens is 254 g/mol. The van der Waals surface area contributed by atoms with Crippen LogP contribution in [-0.4, -0.2) is 49.5 Å². The lowest BCUT2D eigenvalue weighted by molar-refractivity contribution is -0.0573. The van der Waals surface area contributed by atoms with Gasteiger partial charge in [-0.25, -0.2) is 4.98 Å². The highest BCUT2D eigenvalue weighted by molar-refractivity contribution is 5.47. The largest absolute Gasteiger partial charge is 0.388 e. The number of aryl methyl sites for hydroxylation is 1. The molecular formula is C15H25N3O2. The van der Waals surface area contributed by atoms with E-state index >= 15 is 0 Å². The maximum absolute atomic E-state index is 10.6. The average molecular weight is 279 g/mol. The van der Waals surface area contributed by atoms with E-state index in [4.69, 9.17) is 4.74 Å². The van der Waals surface area contributed by atoms with Crippen LogP contribution in [0.1, 0.15) is 24.0 Å². The molecule has 2 N–H and O–H groups in total. The van der Waals surface area contributed by atoms with Gasteiger partial charge in [0.1, 0.15) is 5.82 Å². The smallest absolute Gasteiger partial charge is 0.131 e. The Balaban J connectivity index is 2.06. The van der Waals surface area contributed by atoms with Crippen LogP contribution in [0.2, 0.25) is 0 Å². The number of rotatable bonds is 5. The summed E-state index contributed by atoms with van der Waals surface area (Å²) < 4.78 is 5.32. The zero-order chi connectivity index (χ0) is 14.6. The van der Waals surface area contributed by atoms with Crippen LogP contribution in [0.15, 0.2) is 12.3 Å². The number of hydrogen-bond acceptors (Lipinski definition) is 5. The van der Waals surface area contributed by atoms with E-state index in [1.54, 1.807) is 0 Å². The van der Waals surface area contributed by atoms with Gasteiger partial charge in [0.05, 0.1) is 5.60 Å². The molecule has 0 aliphatic carbocycles. The van der Waals surface area contributed by atoms with Gasteiger partial charge in [0, 0.05) is 52.4 Å². The topological polar surface area (TPSA) is 57.6 Å². The van der Waals surface area contributed by atoms with E-state index in [2.05, 4.69) is 23.3 Å². The molecule has 0 unspecified atom stereocenters. The first-order valence-electron chi connectivity index (χ1n) is 7.15. The van der Waals surface area contributed by atoms with Gasteiger partial charge in [0.2, 0.25) is 0 Å². The maximum Gasteiger partial charge on any atom is 0.131 e. The number of nitrogens with zero attached hydrogens (tertiary/aromatic N) is 2. The minimum absolute atomic E-state index is 0.593. The molecule has 5 nitrogen and oxygen atoms in total. The molecule has 1 aromatic heterocycles. The van der Waals surface area contributed by atoms with Gasteiger partial charge in [-0.05, 0) is 31.2 Å². The highest BCUT2D eigenvalue weighted by Crippen LogP contribution is 2.24. The Hall–Kier alpha value is -1.17. The molecule has 2 rings (SSSR count). The molecule has 5 heteroatoms. The summed E-state index contributed by atoms with van der Waals surface area (Å²) in [5.41, 5.74) is 1.65. The van der Waals surface area contributed by atoms with Gasteiger partial charge in [0.15, 0.2) is 0 Å². The van der Waals surface area contributed by atoms with E-state index in [0.29, 0.717) is 32.6 Å². The first kappa shape index (κ1) is 15.2. The molecule has 1 aliphatic heterocycles. The summed E-state index contributed by atoms with van der Waals surface area (Å²) in [5, 5.41) is 13.7. The molecule has 20 heavy (non-hydrogen) atoms. The number of nitrogens with one attached hydrogen (secondary N) is 1. The second kappa shape index (κ2) is 6.52. The summed E-state index contributed by atoms with van der Waals surface area (Å²) in [7, 11) is 3.91. The summed E-state index contributed by atoms with van der Waals surface area (Å²) in [6.45, 7) is 4.75.